The Kier molecular flexibility index (Phi) is 6.89. The van der Waals surface area contributed by atoms with Crippen molar-refractivity contribution in [3.05, 3.63) is 30.3 Å². The van der Waals surface area contributed by atoms with Gasteiger partial charge in [-0.3, -0.25) is 4.79 Å². The Morgan fingerprint density at radius 2 is 2.05 bits per heavy atom. The molecule has 0 radical (unpaired) electrons. The monoisotopic (exact) mass is 280 g/mol. The summed E-state index contributed by atoms with van der Waals surface area (Å²) in [5.41, 5.74) is 5.49. The van der Waals surface area contributed by atoms with Gasteiger partial charge in [0.25, 0.3) is 0 Å². The SMILES string of the molecule is CCCN(CC(N)=S)C(=O)CCOc1ccccc1. The summed E-state index contributed by atoms with van der Waals surface area (Å²) in [6, 6.07) is 9.44. The molecule has 4 nitrogen and oxygen atoms in total. The zero-order valence-corrected chi connectivity index (χ0v) is 12.0. The van der Waals surface area contributed by atoms with Crippen molar-refractivity contribution in [2.75, 3.05) is 19.7 Å². The highest BCUT2D eigenvalue weighted by atomic mass is 32.1. The second kappa shape index (κ2) is 8.48. The average Bonchev–Trinajstić information content (AvgIpc) is 2.39. The summed E-state index contributed by atoms with van der Waals surface area (Å²) < 4.78 is 5.50. The first kappa shape index (κ1) is 15.4. The molecule has 1 rings (SSSR count). The van der Waals surface area contributed by atoms with E-state index in [-0.39, 0.29) is 5.91 Å². The van der Waals surface area contributed by atoms with Gasteiger partial charge < -0.3 is 15.4 Å². The van der Waals surface area contributed by atoms with Crippen molar-refractivity contribution in [1.29, 1.82) is 0 Å². The van der Waals surface area contributed by atoms with Crippen molar-refractivity contribution in [2.45, 2.75) is 19.8 Å². The molecule has 0 aromatic heterocycles. The van der Waals surface area contributed by atoms with E-state index in [1.165, 1.54) is 0 Å². The molecule has 0 bridgehead atoms. The molecule has 0 fully saturated rings. The molecule has 104 valence electrons. The van der Waals surface area contributed by atoms with E-state index in [1.807, 2.05) is 37.3 Å². The largest absolute Gasteiger partial charge is 0.493 e. The van der Waals surface area contributed by atoms with Crippen LogP contribution in [-0.2, 0) is 4.79 Å². The van der Waals surface area contributed by atoms with Gasteiger partial charge in [0, 0.05) is 6.54 Å². The number of hydrogen-bond acceptors (Lipinski definition) is 3. The minimum Gasteiger partial charge on any atom is -0.493 e. The number of carbonyl (C=O) groups excluding carboxylic acids is 1. The number of carbonyl (C=O) groups is 1. The number of hydrogen-bond donors (Lipinski definition) is 1. The van der Waals surface area contributed by atoms with Gasteiger partial charge in [-0.2, -0.15) is 0 Å². The van der Waals surface area contributed by atoms with E-state index < -0.39 is 0 Å². The Labute approximate surface area is 119 Å². The first-order valence-electron chi connectivity index (χ1n) is 6.37. The molecule has 0 saturated carbocycles. The van der Waals surface area contributed by atoms with E-state index in [9.17, 15) is 4.79 Å². The molecule has 1 amide bonds. The second-order valence-corrected chi connectivity index (χ2v) is 4.72. The predicted octanol–water partition coefficient (Wildman–Crippen LogP) is 1.98. The third-order valence-electron chi connectivity index (χ3n) is 2.52. The van der Waals surface area contributed by atoms with Gasteiger partial charge in [0.15, 0.2) is 0 Å². The number of thiocarbonyl (C=S) groups is 1. The third kappa shape index (κ3) is 6.20. The van der Waals surface area contributed by atoms with Crippen LogP contribution in [0.25, 0.3) is 0 Å². The van der Waals surface area contributed by atoms with Gasteiger partial charge in [-0.05, 0) is 18.6 Å². The summed E-state index contributed by atoms with van der Waals surface area (Å²) in [6.07, 6.45) is 1.21. The summed E-state index contributed by atoms with van der Waals surface area (Å²) in [6.45, 7) is 3.38. The lowest BCUT2D eigenvalue weighted by Crippen LogP contribution is -2.38. The van der Waals surface area contributed by atoms with Crippen LogP contribution in [0.2, 0.25) is 0 Å². The molecule has 0 heterocycles. The highest BCUT2D eigenvalue weighted by molar-refractivity contribution is 7.80. The molecule has 19 heavy (non-hydrogen) atoms. The van der Waals surface area contributed by atoms with E-state index in [0.29, 0.717) is 31.1 Å². The zero-order valence-electron chi connectivity index (χ0n) is 11.2. The summed E-state index contributed by atoms with van der Waals surface area (Å²) in [7, 11) is 0. The molecule has 0 aliphatic rings. The van der Waals surface area contributed by atoms with Crippen LogP contribution in [0.5, 0.6) is 5.75 Å². The predicted molar refractivity (Wildman–Crippen MR) is 80.2 cm³/mol. The van der Waals surface area contributed by atoms with E-state index >= 15 is 0 Å². The minimum atomic E-state index is 0.0191. The molecular formula is C14H20N2O2S. The topological polar surface area (TPSA) is 55.6 Å². The van der Waals surface area contributed by atoms with Gasteiger partial charge in [-0.25, -0.2) is 0 Å². The van der Waals surface area contributed by atoms with Crippen molar-refractivity contribution in [3.63, 3.8) is 0 Å². The lowest BCUT2D eigenvalue weighted by Gasteiger charge is -2.21. The normalized spacial score (nSPS) is 9.95. The van der Waals surface area contributed by atoms with Gasteiger partial charge in [-0.1, -0.05) is 37.3 Å². The smallest absolute Gasteiger partial charge is 0.226 e. The van der Waals surface area contributed by atoms with Crippen LogP contribution in [0.1, 0.15) is 19.8 Å². The Balaban J connectivity index is 2.37. The number of rotatable bonds is 8. The first-order chi connectivity index (χ1) is 9.13. The van der Waals surface area contributed by atoms with Crippen molar-refractivity contribution >= 4 is 23.1 Å². The molecule has 0 unspecified atom stereocenters. The molecule has 2 N–H and O–H groups in total. The average molecular weight is 280 g/mol. The Bertz CT molecular complexity index is 409. The lowest BCUT2D eigenvalue weighted by atomic mass is 10.3. The van der Waals surface area contributed by atoms with Crippen molar-refractivity contribution in [2.24, 2.45) is 5.73 Å². The summed E-state index contributed by atoms with van der Waals surface area (Å²) >= 11 is 4.85. The standard InChI is InChI=1S/C14H20N2O2S/c1-2-9-16(11-13(15)19)14(17)8-10-18-12-6-4-3-5-7-12/h3-7H,2,8-11H2,1H3,(H2,15,19). The Morgan fingerprint density at radius 3 is 2.63 bits per heavy atom. The molecule has 0 saturated heterocycles. The Morgan fingerprint density at radius 1 is 1.37 bits per heavy atom. The molecule has 1 aromatic rings. The van der Waals surface area contributed by atoms with Crippen molar-refractivity contribution < 1.29 is 9.53 Å². The fourth-order valence-electron chi connectivity index (χ4n) is 1.68. The fourth-order valence-corrected chi connectivity index (χ4v) is 1.84. The third-order valence-corrected chi connectivity index (χ3v) is 2.65. The van der Waals surface area contributed by atoms with Crippen LogP contribution >= 0.6 is 12.2 Å². The van der Waals surface area contributed by atoms with Crippen LogP contribution in [-0.4, -0.2) is 35.5 Å². The number of nitrogens with zero attached hydrogens (tertiary/aromatic N) is 1. The maximum absolute atomic E-state index is 12.0. The Hall–Kier alpha value is -1.62. The number of ether oxygens (including phenoxy) is 1. The van der Waals surface area contributed by atoms with E-state index in [1.54, 1.807) is 4.90 Å². The van der Waals surface area contributed by atoms with Crippen molar-refractivity contribution in [3.8, 4) is 5.75 Å². The quantitative estimate of drug-likeness (QED) is 0.740. The van der Waals surface area contributed by atoms with Gasteiger partial charge in [0.05, 0.1) is 24.6 Å². The summed E-state index contributed by atoms with van der Waals surface area (Å²) in [5, 5.41) is 0. The number of nitrogens with two attached hydrogens (primary N) is 1. The maximum atomic E-state index is 12.0. The molecule has 0 spiro atoms. The van der Waals surface area contributed by atoms with Crippen LogP contribution in [0.15, 0.2) is 30.3 Å². The van der Waals surface area contributed by atoms with E-state index in [2.05, 4.69) is 0 Å². The van der Waals surface area contributed by atoms with Gasteiger partial charge in [0.2, 0.25) is 5.91 Å². The van der Waals surface area contributed by atoms with Crippen LogP contribution < -0.4 is 10.5 Å². The van der Waals surface area contributed by atoms with Crippen LogP contribution in [0.4, 0.5) is 0 Å². The van der Waals surface area contributed by atoms with Gasteiger partial charge in [-0.15, -0.1) is 0 Å². The number of amides is 1. The van der Waals surface area contributed by atoms with Gasteiger partial charge in [0.1, 0.15) is 5.75 Å². The maximum Gasteiger partial charge on any atom is 0.226 e. The van der Waals surface area contributed by atoms with Crippen LogP contribution in [0, 0.1) is 0 Å². The lowest BCUT2D eigenvalue weighted by molar-refractivity contribution is -0.131. The molecule has 0 aliphatic heterocycles. The van der Waals surface area contributed by atoms with E-state index in [0.717, 1.165) is 12.2 Å². The van der Waals surface area contributed by atoms with Crippen molar-refractivity contribution in [1.82, 2.24) is 4.90 Å². The second-order valence-electron chi connectivity index (χ2n) is 4.19. The first-order valence-corrected chi connectivity index (χ1v) is 6.78. The minimum absolute atomic E-state index is 0.0191. The summed E-state index contributed by atoms with van der Waals surface area (Å²) in [4.78, 5) is 14.0. The van der Waals surface area contributed by atoms with E-state index in [4.69, 9.17) is 22.7 Å². The molecule has 0 atom stereocenters. The van der Waals surface area contributed by atoms with Crippen LogP contribution in [0.3, 0.4) is 0 Å². The van der Waals surface area contributed by atoms with Gasteiger partial charge >= 0.3 is 0 Å². The highest BCUT2D eigenvalue weighted by Crippen LogP contribution is 2.08. The number of para-hydroxylation sites is 1. The fraction of sp³-hybridized carbons (Fsp3) is 0.429. The number of benzene rings is 1. The molecule has 0 aliphatic carbocycles. The molecule has 1 aromatic carbocycles. The highest BCUT2D eigenvalue weighted by Gasteiger charge is 2.13. The summed E-state index contributed by atoms with van der Waals surface area (Å²) in [5.74, 6) is 0.789. The molecular weight excluding hydrogens is 260 g/mol. The molecule has 5 heteroatoms. The zero-order chi connectivity index (χ0) is 14.1.